The van der Waals surface area contributed by atoms with Crippen LogP contribution in [-0.4, -0.2) is 53.2 Å². The van der Waals surface area contributed by atoms with Crippen LogP contribution in [0.4, 0.5) is 4.79 Å². The monoisotopic (exact) mass is 466 g/mol. The van der Waals surface area contributed by atoms with Crippen LogP contribution in [0.2, 0.25) is 0 Å². The van der Waals surface area contributed by atoms with Crippen LogP contribution in [0.1, 0.15) is 57.6 Å². The van der Waals surface area contributed by atoms with Gasteiger partial charge in [-0.05, 0) is 48.4 Å². The van der Waals surface area contributed by atoms with Gasteiger partial charge in [0.2, 0.25) is 5.91 Å². The maximum absolute atomic E-state index is 13.2. The zero-order chi connectivity index (χ0) is 24.8. The van der Waals surface area contributed by atoms with Gasteiger partial charge in [0.25, 0.3) is 0 Å². The number of carboxylic acids is 1. The van der Waals surface area contributed by atoms with Gasteiger partial charge in [0.05, 0.1) is 0 Å². The topological polar surface area (TPSA) is 95.9 Å². The third-order valence-corrected chi connectivity index (χ3v) is 6.72. The Hall–Kier alpha value is -3.35. The third-order valence-electron chi connectivity index (χ3n) is 6.72. The van der Waals surface area contributed by atoms with E-state index in [9.17, 15) is 19.5 Å². The van der Waals surface area contributed by atoms with Crippen molar-refractivity contribution in [3.8, 4) is 11.1 Å². The van der Waals surface area contributed by atoms with E-state index in [0.29, 0.717) is 6.42 Å². The lowest BCUT2D eigenvalue weighted by Gasteiger charge is -2.30. The predicted molar refractivity (Wildman–Crippen MR) is 131 cm³/mol. The highest BCUT2D eigenvalue weighted by atomic mass is 16.5. The Balaban J connectivity index is 1.72. The Bertz CT molecular complexity index is 992. The van der Waals surface area contributed by atoms with E-state index in [1.54, 1.807) is 6.92 Å². The molecule has 0 radical (unpaired) electrons. The molecular weight excluding hydrogens is 432 g/mol. The number of benzene rings is 2. The fourth-order valence-electron chi connectivity index (χ4n) is 4.53. The SMILES string of the molecule is CCC(C)CC(NC(=O)OCC1c2ccccc2-c2ccccc21)C(=O)N(CC)C(C)C(=O)O. The molecular formula is C27H34N2O5. The number of carbonyl (C=O) groups excluding carboxylic acids is 2. The van der Waals surface area contributed by atoms with Crippen molar-refractivity contribution in [3.63, 3.8) is 0 Å². The molecule has 0 saturated heterocycles. The maximum atomic E-state index is 13.2. The number of likely N-dealkylation sites (N-methyl/N-ethyl adjacent to an activating group) is 1. The molecule has 7 nitrogen and oxygen atoms in total. The van der Waals surface area contributed by atoms with E-state index in [1.165, 1.54) is 11.8 Å². The number of alkyl carbamates (subject to hydrolysis) is 1. The lowest BCUT2D eigenvalue weighted by atomic mass is 9.98. The minimum absolute atomic E-state index is 0.0824. The fraction of sp³-hybridized carbons (Fsp3) is 0.444. The number of ether oxygens (including phenoxy) is 1. The molecule has 1 aliphatic rings. The van der Waals surface area contributed by atoms with Gasteiger partial charge in [-0.1, -0.05) is 68.8 Å². The standard InChI is InChI=1S/C27H34N2O5/c1-5-17(3)15-24(25(30)29(6-2)18(4)26(31)32)28-27(33)34-16-23-21-13-9-7-11-19(21)20-12-8-10-14-22(20)23/h7-14,17-18,23-24H,5-6,15-16H2,1-4H3,(H,28,33)(H,31,32). The molecule has 0 saturated carbocycles. The summed E-state index contributed by atoms with van der Waals surface area (Å²) in [6.45, 7) is 7.58. The molecule has 182 valence electrons. The molecule has 0 heterocycles. The lowest BCUT2D eigenvalue weighted by molar-refractivity contribution is -0.150. The van der Waals surface area contributed by atoms with Crippen molar-refractivity contribution in [2.24, 2.45) is 5.92 Å². The number of hydrogen-bond acceptors (Lipinski definition) is 4. The van der Waals surface area contributed by atoms with Crippen LogP contribution in [0.5, 0.6) is 0 Å². The number of hydrogen-bond donors (Lipinski definition) is 2. The fourth-order valence-corrected chi connectivity index (χ4v) is 4.53. The molecule has 3 atom stereocenters. The number of rotatable bonds is 10. The van der Waals surface area contributed by atoms with E-state index in [-0.39, 0.29) is 25.0 Å². The number of fused-ring (bicyclic) bond motifs is 3. The molecule has 0 aliphatic heterocycles. The van der Waals surface area contributed by atoms with Gasteiger partial charge in [0.1, 0.15) is 18.7 Å². The molecule has 0 bridgehead atoms. The molecule has 34 heavy (non-hydrogen) atoms. The number of aliphatic carboxylic acids is 1. The highest BCUT2D eigenvalue weighted by Crippen LogP contribution is 2.44. The van der Waals surface area contributed by atoms with Gasteiger partial charge in [0.15, 0.2) is 0 Å². The molecule has 2 N–H and O–H groups in total. The van der Waals surface area contributed by atoms with Crippen molar-refractivity contribution in [1.29, 1.82) is 0 Å². The number of nitrogens with one attached hydrogen (secondary N) is 1. The van der Waals surface area contributed by atoms with Crippen LogP contribution < -0.4 is 5.32 Å². The molecule has 0 aromatic heterocycles. The van der Waals surface area contributed by atoms with Crippen molar-refractivity contribution in [2.75, 3.05) is 13.2 Å². The molecule has 2 amide bonds. The van der Waals surface area contributed by atoms with Gasteiger partial charge in [0, 0.05) is 12.5 Å². The van der Waals surface area contributed by atoms with Crippen molar-refractivity contribution in [2.45, 2.75) is 58.5 Å². The van der Waals surface area contributed by atoms with Crippen molar-refractivity contribution in [1.82, 2.24) is 10.2 Å². The van der Waals surface area contributed by atoms with Crippen molar-refractivity contribution in [3.05, 3.63) is 59.7 Å². The largest absolute Gasteiger partial charge is 0.480 e. The van der Waals surface area contributed by atoms with Gasteiger partial charge in [-0.25, -0.2) is 9.59 Å². The van der Waals surface area contributed by atoms with Gasteiger partial charge < -0.3 is 20.1 Å². The second kappa shape index (κ2) is 11.2. The highest BCUT2D eigenvalue weighted by Gasteiger charge is 2.33. The second-order valence-electron chi connectivity index (χ2n) is 8.91. The first-order chi connectivity index (χ1) is 16.3. The summed E-state index contributed by atoms with van der Waals surface area (Å²) in [6.07, 6.45) is 0.557. The smallest absolute Gasteiger partial charge is 0.407 e. The average Bonchev–Trinajstić information content (AvgIpc) is 3.16. The summed E-state index contributed by atoms with van der Waals surface area (Å²) in [6, 6.07) is 14.3. The zero-order valence-electron chi connectivity index (χ0n) is 20.3. The van der Waals surface area contributed by atoms with E-state index >= 15 is 0 Å². The number of carboxylic acid groups (broad SMARTS) is 1. The molecule has 0 fully saturated rings. The normalized spacial score (nSPS) is 14.9. The molecule has 2 aromatic carbocycles. The number of amides is 2. The Kier molecular flexibility index (Phi) is 8.31. The van der Waals surface area contributed by atoms with Crippen LogP contribution >= 0.6 is 0 Å². The first-order valence-electron chi connectivity index (χ1n) is 11.9. The van der Waals surface area contributed by atoms with E-state index in [2.05, 4.69) is 17.4 Å². The summed E-state index contributed by atoms with van der Waals surface area (Å²) in [7, 11) is 0. The number of nitrogens with zero attached hydrogens (tertiary/aromatic N) is 1. The van der Waals surface area contributed by atoms with Crippen LogP contribution in [-0.2, 0) is 14.3 Å². The van der Waals surface area contributed by atoms with Crippen molar-refractivity contribution >= 4 is 18.0 Å². The molecule has 7 heteroatoms. The summed E-state index contributed by atoms with van der Waals surface area (Å²) < 4.78 is 5.62. The predicted octanol–water partition coefficient (Wildman–Crippen LogP) is 4.65. The first kappa shape index (κ1) is 25.3. The van der Waals surface area contributed by atoms with Gasteiger partial charge in [-0.15, -0.1) is 0 Å². The highest BCUT2D eigenvalue weighted by molar-refractivity contribution is 5.89. The number of carbonyl (C=O) groups is 3. The molecule has 2 aromatic rings. The average molecular weight is 467 g/mol. The summed E-state index contributed by atoms with van der Waals surface area (Å²) >= 11 is 0. The summed E-state index contributed by atoms with van der Waals surface area (Å²) in [5.74, 6) is -1.41. The summed E-state index contributed by atoms with van der Waals surface area (Å²) in [5, 5.41) is 12.1. The van der Waals surface area contributed by atoms with Crippen molar-refractivity contribution < 1.29 is 24.2 Å². The minimum Gasteiger partial charge on any atom is -0.480 e. The Labute approximate surface area is 201 Å². The molecule has 3 unspecified atom stereocenters. The van der Waals surface area contributed by atoms with E-state index in [0.717, 1.165) is 28.7 Å². The van der Waals surface area contributed by atoms with Crippen LogP contribution in [0.25, 0.3) is 11.1 Å². The van der Waals surface area contributed by atoms with Crippen LogP contribution in [0, 0.1) is 5.92 Å². The quantitative estimate of drug-likeness (QED) is 0.531. The Morgan fingerprint density at radius 3 is 2.06 bits per heavy atom. The molecule has 3 rings (SSSR count). The maximum Gasteiger partial charge on any atom is 0.407 e. The first-order valence-corrected chi connectivity index (χ1v) is 11.9. The van der Waals surface area contributed by atoms with E-state index in [1.807, 2.05) is 50.2 Å². The lowest BCUT2D eigenvalue weighted by Crippen LogP contribution is -2.53. The minimum atomic E-state index is -1.08. The van der Waals surface area contributed by atoms with Crippen LogP contribution in [0.3, 0.4) is 0 Å². The summed E-state index contributed by atoms with van der Waals surface area (Å²) in [5.41, 5.74) is 4.49. The van der Waals surface area contributed by atoms with Gasteiger partial charge >= 0.3 is 12.1 Å². The van der Waals surface area contributed by atoms with E-state index in [4.69, 9.17) is 4.74 Å². The third kappa shape index (κ3) is 5.41. The van der Waals surface area contributed by atoms with Crippen LogP contribution in [0.15, 0.2) is 48.5 Å². The van der Waals surface area contributed by atoms with Gasteiger partial charge in [-0.3, -0.25) is 4.79 Å². The Morgan fingerprint density at radius 2 is 1.56 bits per heavy atom. The second-order valence-corrected chi connectivity index (χ2v) is 8.91. The zero-order valence-corrected chi connectivity index (χ0v) is 20.3. The molecule has 1 aliphatic carbocycles. The molecule has 0 spiro atoms. The summed E-state index contributed by atoms with van der Waals surface area (Å²) in [4.78, 5) is 38.7. The van der Waals surface area contributed by atoms with Gasteiger partial charge in [-0.2, -0.15) is 0 Å². The Morgan fingerprint density at radius 1 is 1.00 bits per heavy atom. The van der Waals surface area contributed by atoms with E-state index < -0.39 is 30.1 Å².